The van der Waals surface area contributed by atoms with Crippen LogP contribution in [0.2, 0.25) is 0 Å². The third kappa shape index (κ3) is 4.72. The maximum atomic E-state index is 14.9. The standard InChI is InChI=1S/C22H22FNO4S/c23-22(20(25)24-21(26)29-22)17-6-3-7-18(14-17)27-11-4-12-28-19-8-2-1-5-16(19)13-15-9-10-15/h1-3,5-8,14-15H,4,9-13H2,(H,24,25,26). The Morgan fingerprint density at radius 2 is 1.86 bits per heavy atom. The van der Waals surface area contributed by atoms with E-state index in [4.69, 9.17) is 9.47 Å². The van der Waals surface area contributed by atoms with Crippen LogP contribution in [-0.2, 0) is 16.2 Å². The Labute approximate surface area is 173 Å². The fourth-order valence-corrected chi connectivity index (χ4v) is 4.01. The van der Waals surface area contributed by atoms with Crippen LogP contribution in [0.15, 0.2) is 48.5 Å². The summed E-state index contributed by atoms with van der Waals surface area (Å²) in [6.45, 7) is 0.910. The molecule has 1 N–H and O–H groups in total. The lowest BCUT2D eigenvalue weighted by atomic mass is 10.1. The van der Waals surface area contributed by atoms with E-state index in [-0.39, 0.29) is 5.56 Å². The Morgan fingerprint density at radius 1 is 1.07 bits per heavy atom. The zero-order valence-electron chi connectivity index (χ0n) is 15.9. The fraction of sp³-hybridized carbons (Fsp3) is 0.364. The van der Waals surface area contributed by atoms with Crippen molar-refractivity contribution in [3.8, 4) is 11.5 Å². The number of thioether (sulfide) groups is 1. The monoisotopic (exact) mass is 415 g/mol. The number of ether oxygens (including phenoxy) is 2. The van der Waals surface area contributed by atoms with Crippen LogP contribution in [0.1, 0.15) is 30.4 Å². The number of hydrogen-bond donors (Lipinski definition) is 1. The van der Waals surface area contributed by atoms with Gasteiger partial charge in [0.2, 0.25) is 0 Å². The van der Waals surface area contributed by atoms with E-state index in [9.17, 15) is 14.0 Å². The van der Waals surface area contributed by atoms with E-state index in [1.807, 2.05) is 23.5 Å². The van der Waals surface area contributed by atoms with Gasteiger partial charge in [0.05, 0.1) is 13.2 Å². The zero-order valence-corrected chi connectivity index (χ0v) is 16.7. The molecule has 29 heavy (non-hydrogen) atoms. The van der Waals surface area contributed by atoms with Gasteiger partial charge in [-0.05, 0) is 60.7 Å². The average molecular weight is 415 g/mol. The van der Waals surface area contributed by atoms with E-state index in [0.717, 1.165) is 18.1 Å². The molecule has 1 saturated carbocycles. The summed E-state index contributed by atoms with van der Waals surface area (Å²) < 4.78 is 26.5. The molecule has 0 spiro atoms. The largest absolute Gasteiger partial charge is 0.493 e. The van der Waals surface area contributed by atoms with Gasteiger partial charge in [-0.2, -0.15) is 0 Å². The van der Waals surface area contributed by atoms with Crippen molar-refractivity contribution in [2.75, 3.05) is 13.2 Å². The van der Waals surface area contributed by atoms with Crippen molar-refractivity contribution in [2.45, 2.75) is 30.7 Å². The van der Waals surface area contributed by atoms with Crippen LogP contribution in [-0.4, -0.2) is 24.4 Å². The van der Waals surface area contributed by atoms with E-state index in [2.05, 4.69) is 6.07 Å². The van der Waals surface area contributed by atoms with Crippen molar-refractivity contribution < 1.29 is 23.5 Å². The van der Waals surface area contributed by atoms with Gasteiger partial charge in [-0.1, -0.05) is 30.3 Å². The van der Waals surface area contributed by atoms with Crippen molar-refractivity contribution in [3.63, 3.8) is 0 Å². The van der Waals surface area contributed by atoms with Gasteiger partial charge in [0.1, 0.15) is 11.5 Å². The number of alkyl halides is 1. The lowest BCUT2D eigenvalue weighted by Gasteiger charge is -2.16. The molecular formula is C22H22FNO4S. The highest BCUT2D eigenvalue weighted by molar-refractivity contribution is 8.15. The number of benzene rings is 2. The molecule has 2 amide bonds. The molecule has 152 valence electrons. The quantitative estimate of drug-likeness (QED) is 0.607. The van der Waals surface area contributed by atoms with Gasteiger partial charge in [0.15, 0.2) is 0 Å². The lowest BCUT2D eigenvalue weighted by Crippen LogP contribution is -2.30. The van der Waals surface area contributed by atoms with Gasteiger partial charge < -0.3 is 9.47 Å². The topological polar surface area (TPSA) is 64.6 Å². The van der Waals surface area contributed by atoms with E-state index in [1.165, 1.54) is 30.5 Å². The highest BCUT2D eigenvalue weighted by Crippen LogP contribution is 2.43. The number of halogens is 1. The predicted octanol–water partition coefficient (Wildman–Crippen LogP) is 4.59. The molecule has 7 heteroatoms. The second kappa shape index (κ2) is 8.45. The highest BCUT2D eigenvalue weighted by Gasteiger charge is 2.50. The van der Waals surface area contributed by atoms with Crippen molar-refractivity contribution in [1.29, 1.82) is 0 Å². The number of hydrogen-bond acceptors (Lipinski definition) is 5. The summed E-state index contributed by atoms with van der Waals surface area (Å²) in [4.78, 5) is 23.1. The second-order valence-electron chi connectivity index (χ2n) is 7.27. The molecule has 0 bridgehead atoms. The minimum atomic E-state index is -2.41. The van der Waals surface area contributed by atoms with Gasteiger partial charge in [-0.15, -0.1) is 0 Å². The van der Waals surface area contributed by atoms with Crippen LogP contribution < -0.4 is 14.8 Å². The number of nitrogens with one attached hydrogen (secondary N) is 1. The minimum Gasteiger partial charge on any atom is -0.493 e. The Balaban J connectivity index is 1.27. The second-order valence-corrected chi connectivity index (χ2v) is 8.41. The molecule has 1 aliphatic heterocycles. The molecule has 0 radical (unpaired) electrons. The maximum absolute atomic E-state index is 14.9. The van der Waals surface area contributed by atoms with Gasteiger partial charge in [0.25, 0.3) is 16.1 Å². The van der Waals surface area contributed by atoms with Crippen molar-refractivity contribution in [3.05, 3.63) is 59.7 Å². The van der Waals surface area contributed by atoms with Crippen LogP contribution in [0.25, 0.3) is 0 Å². The molecule has 4 rings (SSSR count). The zero-order chi connectivity index (χ0) is 20.3. The Bertz CT molecular complexity index is 917. The van der Waals surface area contributed by atoms with Crippen molar-refractivity contribution >= 4 is 22.9 Å². The lowest BCUT2D eigenvalue weighted by molar-refractivity contribution is -0.126. The van der Waals surface area contributed by atoms with Gasteiger partial charge in [-0.3, -0.25) is 14.9 Å². The van der Waals surface area contributed by atoms with Gasteiger partial charge >= 0.3 is 0 Å². The third-order valence-corrected chi connectivity index (χ3v) is 5.93. The molecule has 5 nitrogen and oxygen atoms in total. The first-order valence-electron chi connectivity index (χ1n) is 9.72. The van der Waals surface area contributed by atoms with Crippen molar-refractivity contribution in [2.24, 2.45) is 5.92 Å². The van der Waals surface area contributed by atoms with E-state index < -0.39 is 16.1 Å². The molecule has 1 aliphatic carbocycles. The minimum absolute atomic E-state index is 0.0913. The summed E-state index contributed by atoms with van der Waals surface area (Å²) in [5.41, 5.74) is 1.34. The number of carbonyl (C=O) groups is 2. The molecule has 1 atom stereocenters. The average Bonchev–Trinajstić information content (AvgIpc) is 3.48. The number of amides is 2. The molecule has 2 aliphatic rings. The van der Waals surface area contributed by atoms with Crippen LogP contribution in [0.3, 0.4) is 0 Å². The molecule has 0 aromatic heterocycles. The summed E-state index contributed by atoms with van der Waals surface area (Å²) in [6, 6.07) is 14.3. The SMILES string of the molecule is O=C1NC(=O)C(F)(c2cccc(OCCCOc3ccccc3CC3CC3)c2)S1. The summed E-state index contributed by atoms with van der Waals surface area (Å²) in [5.74, 6) is 1.21. The normalized spacial score (nSPS) is 21.1. The number of imide groups is 1. The van der Waals surface area contributed by atoms with E-state index in [0.29, 0.717) is 37.1 Å². The van der Waals surface area contributed by atoms with Crippen molar-refractivity contribution in [1.82, 2.24) is 5.32 Å². The van der Waals surface area contributed by atoms with Crippen LogP contribution in [0.5, 0.6) is 11.5 Å². The fourth-order valence-electron chi connectivity index (χ4n) is 3.23. The number of carbonyl (C=O) groups excluding carboxylic acids is 2. The first-order valence-corrected chi connectivity index (χ1v) is 10.5. The smallest absolute Gasteiger partial charge is 0.289 e. The van der Waals surface area contributed by atoms with E-state index in [1.54, 1.807) is 12.1 Å². The Morgan fingerprint density at radius 3 is 2.62 bits per heavy atom. The predicted molar refractivity (Wildman–Crippen MR) is 109 cm³/mol. The first kappa shape index (κ1) is 19.8. The Kier molecular flexibility index (Phi) is 5.76. The summed E-state index contributed by atoms with van der Waals surface area (Å²) in [5, 5.41) is -1.13. The molecule has 1 saturated heterocycles. The number of para-hydroxylation sites is 1. The molecule has 2 fully saturated rings. The van der Waals surface area contributed by atoms with E-state index >= 15 is 0 Å². The summed E-state index contributed by atoms with van der Waals surface area (Å²) in [7, 11) is 0. The van der Waals surface area contributed by atoms with Crippen LogP contribution in [0, 0.1) is 5.92 Å². The molecule has 2 aromatic carbocycles. The molecule has 2 aromatic rings. The Hall–Kier alpha value is -2.54. The van der Waals surface area contributed by atoms with Gasteiger partial charge in [0, 0.05) is 12.0 Å². The van der Waals surface area contributed by atoms with Gasteiger partial charge in [-0.25, -0.2) is 4.39 Å². The first-order chi connectivity index (χ1) is 14.0. The summed E-state index contributed by atoms with van der Waals surface area (Å²) >= 11 is 0.335. The summed E-state index contributed by atoms with van der Waals surface area (Å²) in [6.07, 6.45) is 4.33. The molecular weight excluding hydrogens is 393 g/mol. The van der Waals surface area contributed by atoms with Crippen LogP contribution in [0.4, 0.5) is 9.18 Å². The molecule has 1 heterocycles. The van der Waals surface area contributed by atoms with Crippen LogP contribution >= 0.6 is 11.8 Å². The number of rotatable bonds is 9. The molecule has 1 unspecified atom stereocenters. The maximum Gasteiger partial charge on any atom is 0.289 e. The highest BCUT2D eigenvalue weighted by atomic mass is 32.2. The third-order valence-electron chi connectivity index (χ3n) is 4.94.